The fourth-order valence-corrected chi connectivity index (χ4v) is 1.19. The molecule has 0 aliphatic heterocycles. The van der Waals surface area contributed by atoms with Gasteiger partial charge in [0.2, 0.25) is 0 Å². The van der Waals surface area contributed by atoms with Gasteiger partial charge in [0.1, 0.15) is 0 Å². The fraction of sp³-hybridized carbons (Fsp3) is 0.500. The van der Waals surface area contributed by atoms with Crippen LogP contribution >= 0.6 is 0 Å². The molecule has 84 valence electrons. The molecule has 0 radical (unpaired) electrons. The second kappa shape index (κ2) is 4.01. The lowest BCUT2D eigenvalue weighted by molar-refractivity contribution is 0.359. The zero-order valence-corrected chi connectivity index (χ0v) is 9.96. The third-order valence-corrected chi connectivity index (χ3v) is 2.79. The summed E-state index contributed by atoms with van der Waals surface area (Å²) >= 11 is 0. The van der Waals surface area contributed by atoms with Crippen LogP contribution in [0.3, 0.4) is 0 Å². The maximum atomic E-state index is 5.87. The second-order valence-corrected chi connectivity index (χ2v) is 5.04. The first kappa shape index (κ1) is 11.7. The van der Waals surface area contributed by atoms with Crippen molar-refractivity contribution in [1.29, 1.82) is 0 Å². The van der Waals surface area contributed by atoms with Crippen molar-refractivity contribution in [1.82, 2.24) is 0 Å². The summed E-state index contributed by atoms with van der Waals surface area (Å²) < 4.78 is 0. The molecule has 0 amide bonds. The summed E-state index contributed by atoms with van der Waals surface area (Å²) in [6.45, 7) is 8.67. The van der Waals surface area contributed by atoms with Gasteiger partial charge >= 0.3 is 0 Å². The van der Waals surface area contributed by atoms with Crippen LogP contribution in [0, 0.1) is 5.41 Å². The highest BCUT2D eigenvalue weighted by Gasteiger charge is 2.20. The van der Waals surface area contributed by atoms with Crippen LogP contribution in [-0.2, 0) is 0 Å². The quantitative estimate of drug-likeness (QED) is 0.653. The largest absolute Gasteiger partial charge is 0.397 e. The molecule has 1 atom stereocenters. The summed E-state index contributed by atoms with van der Waals surface area (Å²) in [5.41, 5.74) is 14.2. The molecule has 1 rings (SSSR count). The molecule has 15 heavy (non-hydrogen) atoms. The van der Waals surface area contributed by atoms with Gasteiger partial charge in [-0.05, 0) is 24.5 Å². The second-order valence-electron chi connectivity index (χ2n) is 5.04. The topological polar surface area (TPSA) is 64.1 Å². The average molecular weight is 207 g/mol. The van der Waals surface area contributed by atoms with Crippen molar-refractivity contribution < 1.29 is 0 Å². The Labute approximate surface area is 91.9 Å². The first-order chi connectivity index (χ1) is 6.82. The van der Waals surface area contributed by atoms with E-state index in [9.17, 15) is 0 Å². The molecule has 0 aliphatic rings. The Morgan fingerprint density at radius 1 is 1.13 bits per heavy atom. The Hall–Kier alpha value is -1.38. The van der Waals surface area contributed by atoms with Crippen LogP contribution < -0.4 is 16.8 Å². The SMILES string of the molecule is CC(Nc1c(N)cccc1N)C(C)(C)C. The summed E-state index contributed by atoms with van der Waals surface area (Å²) in [5, 5.41) is 3.37. The van der Waals surface area contributed by atoms with Crippen molar-refractivity contribution in [2.45, 2.75) is 33.7 Å². The van der Waals surface area contributed by atoms with E-state index in [1.807, 2.05) is 18.2 Å². The van der Waals surface area contributed by atoms with Crippen LogP contribution in [0.5, 0.6) is 0 Å². The monoisotopic (exact) mass is 207 g/mol. The highest BCUT2D eigenvalue weighted by Crippen LogP contribution is 2.30. The lowest BCUT2D eigenvalue weighted by Gasteiger charge is -2.30. The number of nitrogens with two attached hydrogens (primary N) is 2. The minimum Gasteiger partial charge on any atom is -0.397 e. The molecule has 5 N–H and O–H groups in total. The highest BCUT2D eigenvalue weighted by atomic mass is 15.0. The number of hydrogen-bond donors (Lipinski definition) is 3. The van der Waals surface area contributed by atoms with Gasteiger partial charge in [0.05, 0.1) is 17.1 Å². The summed E-state index contributed by atoms with van der Waals surface area (Å²) in [6.07, 6.45) is 0. The van der Waals surface area contributed by atoms with E-state index < -0.39 is 0 Å². The van der Waals surface area contributed by atoms with E-state index >= 15 is 0 Å². The third kappa shape index (κ3) is 2.78. The van der Waals surface area contributed by atoms with Gasteiger partial charge in [0.15, 0.2) is 0 Å². The molecule has 1 aromatic carbocycles. The molecule has 0 fully saturated rings. The van der Waals surface area contributed by atoms with Gasteiger partial charge < -0.3 is 16.8 Å². The predicted octanol–water partition coefficient (Wildman–Crippen LogP) is 2.70. The number of rotatable bonds is 2. The van der Waals surface area contributed by atoms with Crippen molar-refractivity contribution in [2.24, 2.45) is 5.41 Å². The van der Waals surface area contributed by atoms with Gasteiger partial charge in [0, 0.05) is 6.04 Å². The number of para-hydroxylation sites is 1. The summed E-state index contributed by atoms with van der Waals surface area (Å²) in [5.74, 6) is 0. The zero-order valence-electron chi connectivity index (χ0n) is 9.96. The third-order valence-electron chi connectivity index (χ3n) is 2.79. The first-order valence-electron chi connectivity index (χ1n) is 5.23. The zero-order chi connectivity index (χ0) is 11.6. The normalized spacial score (nSPS) is 13.6. The van der Waals surface area contributed by atoms with Gasteiger partial charge in [0.25, 0.3) is 0 Å². The summed E-state index contributed by atoms with van der Waals surface area (Å²) in [4.78, 5) is 0. The van der Waals surface area contributed by atoms with Gasteiger partial charge in [-0.25, -0.2) is 0 Å². The highest BCUT2D eigenvalue weighted by molar-refractivity contribution is 5.79. The van der Waals surface area contributed by atoms with Crippen molar-refractivity contribution in [2.75, 3.05) is 16.8 Å². The molecule has 0 spiro atoms. The van der Waals surface area contributed by atoms with Crippen molar-refractivity contribution >= 4 is 17.1 Å². The van der Waals surface area contributed by atoms with E-state index in [0.29, 0.717) is 17.4 Å². The minimum absolute atomic E-state index is 0.175. The standard InChI is InChI=1S/C12H21N3/c1-8(12(2,3)4)15-11-9(13)6-5-7-10(11)14/h5-8,15H,13-14H2,1-4H3. The molecule has 3 nitrogen and oxygen atoms in total. The molecule has 0 heterocycles. The van der Waals surface area contributed by atoms with Gasteiger partial charge in [-0.2, -0.15) is 0 Å². The van der Waals surface area contributed by atoms with E-state index in [1.54, 1.807) is 0 Å². The molecule has 0 saturated carbocycles. The van der Waals surface area contributed by atoms with Crippen LogP contribution in [0.2, 0.25) is 0 Å². The predicted molar refractivity (Wildman–Crippen MR) is 67.8 cm³/mol. The molecular weight excluding hydrogens is 186 g/mol. The Morgan fingerprint density at radius 2 is 1.60 bits per heavy atom. The van der Waals surface area contributed by atoms with Crippen LogP contribution in [-0.4, -0.2) is 6.04 Å². The van der Waals surface area contributed by atoms with E-state index in [1.165, 1.54) is 0 Å². The molecular formula is C12H21N3. The lowest BCUT2D eigenvalue weighted by Crippen LogP contribution is -2.31. The minimum atomic E-state index is 0.175. The summed E-state index contributed by atoms with van der Waals surface area (Å²) in [7, 11) is 0. The van der Waals surface area contributed by atoms with Crippen molar-refractivity contribution in [3.8, 4) is 0 Å². The lowest BCUT2D eigenvalue weighted by atomic mass is 9.88. The molecule has 0 aliphatic carbocycles. The van der Waals surface area contributed by atoms with Crippen LogP contribution in [0.15, 0.2) is 18.2 Å². The maximum absolute atomic E-state index is 5.87. The van der Waals surface area contributed by atoms with Crippen molar-refractivity contribution in [3.63, 3.8) is 0 Å². The molecule has 1 aromatic rings. The maximum Gasteiger partial charge on any atom is 0.0809 e. The Balaban J connectivity index is 2.90. The Bertz CT molecular complexity index is 319. The van der Waals surface area contributed by atoms with E-state index in [4.69, 9.17) is 11.5 Å². The Morgan fingerprint density at radius 3 is 2.00 bits per heavy atom. The van der Waals surface area contributed by atoms with Gasteiger partial charge in [-0.1, -0.05) is 26.8 Å². The van der Waals surface area contributed by atoms with Crippen LogP contribution in [0.1, 0.15) is 27.7 Å². The van der Waals surface area contributed by atoms with Crippen LogP contribution in [0.25, 0.3) is 0 Å². The molecule has 0 saturated heterocycles. The number of hydrogen-bond acceptors (Lipinski definition) is 3. The molecule has 1 unspecified atom stereocenters. The van der Waals surface area contributed by atoms with Crippen LogP contribution in [0.4, 0.5) is 17.1 Å². The number of nitrogen functional groups attached to an aromatic ring is 2. The van der Waals surface area contributed by atoms with Gasteiger partial charge in [-0.3, -0.25) is 0 Å². The van der Waals surface area contributed by atoms with E-state index in [2.05, 4.69) is 33.0 Å². The van der Waals surface area contributed by atoms with Crippen molar-refractivity contribution in [3.05, 3.63) is 18.2 Å². The number of benzene rings is 1. The van der Waals surface area contributed by atoms with E-state index in [0.717, 1.165) is 5.69 Å². The number of nitrogens with one attached hydrogen (secondary N) is 1. The molecule has 3 heteroatoms. The fourth-order valence-electron chi connectivity index (χ4n) is 1.19. The van der Waals surface area contributed by atoms with Gasteiger partial charge in [-0.15, -0.1) is 0 Å². The number of anilines is 3. The molecule has 0 aromatic heterocycles. The Kier molecular flexibility index (Phi) is 3.12. The molecule has 0 bridgehead atoms. The van der Waals surface area contributed by atoms with E-state index in [-0.39, 0.29) is 5.41 Å². The first-order valence-corrected chi connectivity index (χ1v) is 5.23. The summed E-state index contributed by atoms with van der Waals surface area (Å²) in [6, 6.07) is 5.88. The average Bonchev–Trinajstić information content (AvgIpc) is 2.09. The smallest absolute Gasteiger partial charge is 0.0809 e.